The van der Waals surface area contributed by atoms with E-state index in [0.717, 1.165) is 18.5 Å². The third-order valence-corrected chi connectivity index (χ3v) is 3.09. The molecule has 20 heavy (non-hydrogen) atoms. The normalized spacial score (nSPS) is 11.2. The lowest BCUT2D eigenvalue weighted by Crippen LogP contribution is -2.06. The number of rotatable bonds is 6. The molecule has 0 atom stereocenters. The van der Waals surface area contributed by atoms with Crippen molar-refractivity contribution < 1.29 is 9.90 Å². The van der Waals surface area contributed by atoms with Crippen LogP contribution in [0.3, 0.4) is 0 Å². The molecule has 0 fully saturated rings. The zero-order valence-corrected chi connectivity index (χ0v) is 11.9. The minimum absolute atomic E-state index is 0.0237. The quantitative estimate of drug-likeness (QED) is 0.871. The van der Waals surface area contributed by atoms with Crippen LogP contribution in [0, 0.1) is 5.92 Å². The van der Waals surface area contributed by atoms with E-state index in [2.05, 4.69) is 29.3 Å². The number of carboxylic acids is 1. The molecular formula is C13H19N5O2. The number of nitrogens with zero attached hydrogens (tertiary/aromatic N) is 5. The van der Waals surface area contributed by atoms with Crippen LogP contribution in [0.2, 0.25) is 0 Å². The molecule has 0 aliphatic heterocycles. The summed E-state index contributed by atoms with van der Waals surface area (Å²) in [4.78, 5) is 11.3. The van der Waals surface area contributed by atoms with Gasteiger partial charge < -0.3 is 5.11 Å². The van der Waals surface area contributed by atoms with Crippen molar-refractivity contribution >= 4 is 5.97 Å². The van der Waals surface area contributed by atoms with Crippen molar-refractivity contribution in [1.29, 1.82) is 0 Å². The van der Waals surface area contributed by atoms with Gasteiger partial charge >= 0.3 is 5.97 Å². The molecule has 7 heteroatoms. The Morgan fingerprint density at radius 2 is 2.20 bits per heavy atom. The SMILES string of the molecule is CCn1cc(-c2c(C(=O)O)nnn2CCC(C)C)cn1. The zero-order chi connectivity index (χ0) is 14.7. The summed E-state index contributed by atoms with van der Waals surface area (Å²) < 4.78 is 3.40. The second-order valence-corrected chi connectivity index (χ2v) is 5.08. The summed E-state index contributed by atoms with van der Waals surface area (Å²) in [7, 11) is 0. The predicted molar refractivity (Wildman–Crippen MR) is 73.3 cm³/mol. The van der Waals surface area contributed by atoms with Crippen molar-refractivity contribution in [2.75, 3.05) is 0 Å². The van der Waals surface area contributed by atoms with Crippen molar-refractivity contribution in [3.63, 3.8) is 0 Å². The van der Waals surface area contributed by atoms with E-state index in [0.29, 0.717) is 18.2 Å². The Labute approximate surface area is 117 Å². The van der Waals surface area contributed by atoms with Crippen LogP contribution in [0.4, 0.5) is 0 Å². The fraction of sp³-hybridized carbons (Fsp3) is 0.538. The molecule has 2 rings (SSSR count). The van der Waals surface area contributed by atoms with E-state index in [1.807, 2.05) is 13.1 Å². The summed E-state index contributed by atoms with van der Waals surface area (Å²) in [6.45, 7) is 7.58. The van der Waals surface area contributed by atoms with Crippen LogP contribution in [-0.2, 0) is 13.1 Å². The highest BCUT2D eigenvalue weighted by Gasteiger charge is 2.21. The molecule has 0 saturated heterocycles. The van der Waals surface area contributed by atoms with Crippen LogP contribution in [-0.4, -0.2) is 35.9 Å². The maximum Gasteiger partial charge on any atom is 0.358 e. The molecule has 108 valence electrons. The van der Waals surface area contributed by atoms with Crippen LogP contribution in [0.25, 0.3) is 11.3 Å². The molecule has 0 bridgehead atoms. The van der Waals surface area contributed by atoms with Gasteiger partial charge in [-0.3, -0.25) is 4.68 Å². The second kappa shape index (κ2) is 5.85. The number of carbonyl (C=O) groups is 1. The van der Waals surface area contributed by atoms with Crippen LogP contribution < -0.4 is 0 Å². The maximum atomic E-state index is 11.3. The number of carboxylic acid groups (broad SMARTS) is 1. The summed E-state index contributed by atoms with van der Waals surface area (Å²) in [5, 5.41) is 21.2. The van der Waals surface area contributed by atoms with E-state index in [4.69, 9.17) is 0 Å². The first-order valence-corrected chi connectivity index (χ1v) is 6.72. The Kier molecular flexibility index (Phi) is 4.16. The Hall–Kier alpha value is -2.18. The Morgan fingerprint density at radius 1 is 1.45 bits per heavy atom. The molecule has 0 spiro atoms. The van der Waals surface area contributed by atoms with Crippen molar-refractivity contribution in [3.8, 4) is 11.3 Å². The molecule has 0 aliphatic carbocycles. The molecule has 0 radical (unpaired) electrons. The molecule has 2 aromatic heterocycles. The maximum absolute atomic E-state index is 11.3. The molecule has 0 aromatic carbocycles. The fourth-order valence-corrected chi connectivity index (χ4v) is 1.94. The topological polar surface area (TPSA) is 85.8 Å². The van der Waals surface area contributed by atoms with Gasteiger partial charge in [0.1, 0.15) is 5.69 Å². The molecule has 0 unspecified atom stereocenters. The Morgan fingerprint density at radius 3 is 2.75 bits per heavy atom. The summed E-state index contributed by atoms with van der Waals surface area (Å²) in [6, 6.07) is 0. The highest BCUT2D eigenvalue weighted by molar-refractivity contribution is 5.92. The first kappa shape index (κ1) is 14.2. The number of hydrogen-bond donors (Lipinski definition) is 1. The molecule has 7 nitrogen and oxygen atoms in total. The van der Waals surface area contributed by atoms with Gasteiger partial charge in [-0.05, 0) is 19.3 Å². The minimum Gasteiger partial charge on any atom is -0.476 e. The molecule has 1 N–H and O–H groups in total. The highest BCUT2D eigenvalue weighted by atomic mass is 16.4. The minimum atomic E-state index is -1.07. The van der Waals surface area contributed by atoms with E-state index in [-0.39, 0.29) is 5.69 Å². The lowest BCUT2D eigenvalue weighted by molar-refractivity contribution is 0.0691. The fourth-order valence-electron chi connectivity index (χ4n) is 1.94. The Balaban J connectivity index is 2.41. The van der Waals surface area contributed by atoms with Gasteiger partial charge in [-0.25, -0.2) is 9.48 Å². The van der Waals surface area contributed by atoms with Crippen molar-refractivity contribution in [2.24, 2.45) is 5.92 Å². The molecular weight excluding hydrogens is 258 g/mol. The average Bonchev–Trinajstić information content (AvgIpc) is 3.02. The van der Waals surface area contributed by atoms with Gasteiger partial charge in [0.15, 0.2) is 5.69 Å². The number of aromatic nitrogens is 5. The zero-order valence-electron chi connectivity index (χ0n) is 11.9. The molecule has 0 aliphatic rings. The number of hydrogen-bond acceptors (Lipinski definition) is 4. The first-order chi connectivity index (χ1) is 9.52. The van der Waals surface area contributed by atoms with Crippen LogP contribution >= 0.6 is 0 Å². The van der Waals surface area contributed by atoms with E-state index in [1.54, 1.807) is 15.6 Å². The second-order valence-electron chi connectivity index (χ2n) is 5.08. The van der Waals surface area contributed by atoms with Gasteiger partial charge in [0.2, 0.25) is 0 Å². The number of aromatic carboxylic acids is 1. The van der Waals surface area contributed by atoms with Crippen molar-refractivity contribution in [2.45, 2.75) is 40.3 Å². The molecule has 2 heterocycles. The molecule has 0 amide bonds. The third kappa shape index (κ3) is 2.87. The van der Waals surface area contributed by atoms with Gasteiger partial charge in [0.25, 0.3) is 0 Å². The summed E-state index contributed by atoms with van der Waals surface area (Å²) >= 11 is 0. The predicted octanol–water partition coefficient (Wildman–Crippen LogP) is 1.91. The van der Waals surface area contributed by atoms with Gasteiger partial charge in [-0.2, -0.15) is 5.10 Å². The van der Waals surface area contributed by atoms with E-state index in [9.17, 15) is 9.90 Å². The van der Waals surface area contributed by atoms with E-state index >= 15 is 0 Å². The average molecular weight is 277 g/mol. The summed E-state index contributed by atoms with van der Waals surface area (Å²) in [6.07, 6.45) is 4.38. The van der Waals surface area contributed by atoms with Crippen molar-refractivity contribution in [1.82, 2.24) is 24.8 Å². The van der Waals surface area contributed by atoms with Gasteiger partial charge in [-0.15, -0.1) is 5.10 Å². The largest absolute Gasteiger partial charge is 0.476 e. The summed E-state index contributed by atoms with van der Waals surface area (Å²) in [5.74, 6) is -0.557. The van der Waals surface area contributed by atoms with Gasteiger partial charge in [0, 0.05) is 24.8 Å². The van der Waals surface area contributed by atoms with Gasteiger partial charge in [-0.1, -0.05) is 19.1 Å². The monoisotopic (exact) mass is 277 g/mol. The highest BCUT2D eigenvalue weighted by Crippen LogP contribution is 2.22. The van der Waals surface area contributed by atoms with Crippen molar-refractivity contribution in [3.05, 3.63) is 18.1 Å². The Bertz CT molecular complexity index is 600. The van der Waals surface area contributed by atoms with Crippen LogP contribution in [0.5, 0.6) is 0 Å². The standard InChI is InChI=1S/C13H19N5O2/c1-4-17-8-10(7-14-17)12-11(13(19)20)15-16-18(12)6-5-9(2)3/h7-9H,4-6H2,1-3H3,(H,19,20). The number of aryl methyl sites for hydroxylation is 2. The first-order valence-electron chi connectivity index (χ1n) is 6.72. The smallest absolute Gasteiger partial charge is 0.358 e. The third-order valence-electron chi connectivity index (χ3n) is 3.09. The lowest BCUT2D eigenvalue weighted by Gasteiger charge is -2.07. The van der Waals surface area contributed by atoms with Crippen LogP contribution in [0.15, 0.2) is 12.4 Å². The van der Waals surface area contributed by atoms with E-state index in [1.165, 1.54) is 0 Å². The van der Waals surface area contributed by atoms with Crippen LogP contribution in [0.1, 0.15) is 37.7 Å². The lowest BCUT2D eigenvalue weighted by atomic mass is 10.1. The van der Waals surface area contributed by atoms with E-state index < -0.39 is 5.97 Å². The van der Waals surface area contributed by atoms with Gasteiger partial charge in [0.05, 0.1) is 6.20 Å². The molecule has 2 aromatic rings. The molecule has 0 saturated carbocycles. The summed E-state index contributed by atoms with van der Waals surface area (Å²) in [5.41, 5.74) is 1.24.